The minimum Gasteiger partial charge on any atom is -0.489 e. The lowest BCUT2D eigenvalue weighted by Crippen LogP contribution is -2.01. The standard InChI is InChI=1S/C13H17ClO2S/c1-3-9-17(15)13-10-12(6-5-11(13)2)16-8-4-7-14/h4-7,10H,3,8-9H2,1-2H3. The predicted octanol–water partition coefficient (Wildman–Crippen LogP) is 3.64. The molecule has 94 valence electrons. The van der Waals surface area contributed by atoms with Gasteiger partial charge in [-0.15, -0.1) is 0 Å². The molecular weight excluding hydrogens is 256 g/mol. The van der Waals surface area contributed by atoms with Crippen molar-refractivity contribution in [3.8, 4) is 5.75 Å². The maximum atomic E-state index is 12.0. The van der Waals surface area contributed by atoms with E-state index in [1.54, 1.807) is 6.08 Å². The molecule has 0 amide bonds. The number of benzene rings is 1. The smallest absolute Gasteiger partial charge is 0.121 e. The number of hydrogen-bond donors (Lipinski definition) is 0. The molecule has 1 unspecified atom stereocenters. The van der Waals surface area contributed by atoms with E-state index < -0.39 is 10.8 Å². The molecule has 1 aromatic carbocycles. The Morgan fingerprint density at radius 1 is 1.47 bits per heavy atom. The second-order valence-electron chi connectivity index (χ2n) is 3.65. The van der Waals surface area contributed by atoms with E-state index in [4.69, 9.17) is 16.3 Å². The van der Waals surface area contributed by atoms with Crippen molar-refractivity contribution in [1.82, 2.24) is 0 Å². The lowest BCUT2D eigenvalue weighted by atomic mass is 10.2. The molecule has 0 aliphatic carbocycles. The first-order valence-electron chi connectivity index (χ1n) is 5.56. The van der Waals surface area contributed by atoms with Gasteiger partial charge < -0.3 is 4.74 Å². The Labute approximate surface area is 110 Å². The van der Waals surface area contributed by atoms with Crippen LogP contribution in [0.15, 0.2) is 34.7 Å². The van der Waals surface area contributed by atoms with Crippen LogP contribution in [0.25, 0.3) is 0 Å². The summed E-state index contributed by atoms with van der Waals surface area (Å²) in [6.45, 7) is 4.41. The van der Waals surface area contributed by atoms with Crippen molar-refractivity contribution in [2.45, 2.75) is 25.2 Å². The van der Waals surface area contributed by atoms with Crippen LogP contribution in [0.5, 0.6) is 5.75 Å². The summed E-state index contributed by atoms with van der Waals surface area (Å²) in [5, 5.41) is 0. The molecular formula is C13H17ClO2S. The molecule has 0 bridgehead atoms. The van der Waals surface area contributed by atoms with Crippen LogP contribution >= 0.6 is 11.6 Å². The Bertz CT molecular complexity index is 416. The lowest BCUT2D eigenvalue weighted by molar-refractivity contribution is 0.362. The van der Waals surface area contributed by atoms with E-state index in [0.717, 1.165) is 22.6 Å². The van der Waals surface area contributed by atoms with Crippen LogP contribution < -0.4 is 4.74 Å². The van der Waals surface area contributed by atoms with E-state index in [-0.39, 0.29) is 0 Å². The second kappa shape index (κ2) is 7.51. The Balaban J connectivity index is 2.82. The number of halogens is 1. The van der Waals surface area contributed by atoms with Gasteiger partial charge in [-0.25, -0.2) is 0 Å². The molecule has 17 heavy (non-hydrogen) atoms. The van der Waals surface area contributed by atoms with E-state index in [1.807, 2.05) is 32.0 Å². The quantitative estimate of drug-likeness (QED) is 0.790. The number of aryl methyl sites for hydroxylation is 1. The monoisotopic (exact) mass is 272 g/mol. The van der Waals surface area contributed by atoms with E-state index >= 15 is 0 Å². The summed E-state index contributed by atoms with van der Waals surface area (Å²) >= 11 is 5.41. The Hall–Kier alpha value is -0.800. The zero-order valence-electron chi connectivity index (χ0n) is 10.1. The number of ether oxygens (including phenoxy) is 1. The van der Waals surface area contributed by atoms with Gasteiger partial charge in [0.1, 0.15) is 12.4 Å². The fourth-order valence-electron chi connectivity index (χ4n) is 1.39. The highest BCUT2D eigenvalue weighted by Gasteiger charge is 2.07. The topological polar surface area (TPSA) is 26.3 Å². The van der Waals surface area contributed by atoms with E-state index in [9.17, 15) is 4.21 Å². The highest BCUT2D eigenvalue weighted by atomic mass is 35.5. The molecule has 0 aliphatic rings. The third-order valence-corrected chi connectivity index (χ3v) is 4.12. The van der Waals surface area contributed by atoms with Crippen LogP contribution in [-0.2, 0) is 10.8 Å². The van der Waals surface area contributed by atoms with Crippen LogP contribution in [0.2, 0.25) is 0 Å². The van der Waals surface area contributed by atoms with Gasteiger partial charge in [-0.1, -0.05) is 24.6 Å². The molecule has 0 saturated carbocycles. The molecule has 0 aromatic heterocycles. The van der Waals surface area contributed by atoms with Gasteiger partial charge >= 0.3 is 0 Å². The second-order valence-corrected chi connectivity index (χ2v) is 5.44. The molecule has 4 heteroatoms. The lowest BCUT2D eigenvalue weighted by Gasteiger charge is -2.08. The van der Waals surface area contributed by atoms with Crippen LogP contribution in [-0.4, -0.2) is 16.6 Å². The zero-order chi connectivity index (χ0) is 12.7. The Kier molecular flexibility index (Phi) is 6.30. The molecule has 0 heterocycles. The summed E-state index contributed by atoms with van der Waals surface area (Å²) < 4.78 is 17.4. The number of hydrogen-bond acceptors (Lipinski definition) is 2. The van der Waals surface area contributed by atoms with Gasteiger partial charge in [0.05, 0.1) is 10.8 Å². The van der Waals surface area contributed by atoms with Crippen molar-refractivity contribution in [1.29, 1.82) is 0 Å². The zero-order valence-corrected chi connectivity index (χ0v) is 11.7. The van der Waals surface area contributed by atoms with Gasteiger partial charge in [-0.05, 0) is 37.1 Å². The van der Waals surface area contributed by atoms with E-state index in [1.165, 1.54) is 5.54 Å². The summed E-state index contributed by atoms with van der Waals surface area (Å²) in [7, 11) is -0.937. The molecule has 1 rings (SSSR count). The van der Waals surface area contributed by atoms with Crippen LogP contribution in [0.4, 0.5) is 0 Å². The van der Waals surface area contributed by atoms with Crippen LogP contribution in [0.3, 0.4) is 0 Å². The minimum absolute atomic E-state index is 0.423. The summed E-state index contributed by atoms with van der Waals surface area (Å²) in [6.07, 6.45) is 2.62. The molecule has 1 aromatic rings. The average molecular weight is 273 g/mol. The first kappa shape index (κ1) is 14.3. The molecule has 1 atom stereocenters. The van der Waals surface area contributed by atoms with Gasteiger partial charge in [0.25, 0.3) is 0 Å². The first-order valence-corrected chi connectivity index (χ1v) is 7.31. The largest absolute Gasteiger partial charge is 0.489 e. The highest BCUT2D eigenvalue weighted by Crippen LogP contribution is 2.21. The number of rotatable bonds is 6. The summed E-state index contributed by atoms with van der Waals surface area (Å²) in [4.78, 5) is 0.860. The fraction of sp³-hybridized carbons (Fsp3) is 0.385. The Morgan fingerprint density at radius 2 is 2.24 bits per heavy atom. The predicted molar refractivity (Wildman–Crippen MR) is 73.2 cm³/mol. The van der Waals surface area contributed by atoms with E-state index in [0.29, 0.717) is 12.4 Å². The molecule has 0 fully saturated rings. The minimum atomic E-state index is -0.937. The molecule has 0 spiro atoms. The third-order valence-electron chi connectivity index (χ3n) is 2.23. The molecule has 0 saturated heterocycles. The van der Waals surface area contributed by atoms with Crippen molar-refractivity contribution in [2.75, 3.05) is 12.4 Å². The fourth-order valence-corrected chi connectivity index (χ4v) is 2.73. The molecule has 2 nitrogen and oxygen atoms in total. The van der Waals surface area contributed by atoms with Crippen LogP contribution in [0.1, 0.15) is 18.9 Å². The molecule has 0 N–H and O–H groups in total. The SMILES string of the molecule is CCCS(=O)c1cc(OCC=CCl)ccc1C. The highest BCUT2D eigenvalue weighted by molar-refractivity contribution is 7.85. The van der Waals surface area contributed by atoms with Gasteiger partial charge in [0.2, 0.25) is 0 Å². The van der Waals surface area contributed by atoms with Crippen LogP contribution in [0, 0.1) is 6.92 Å². The van der Waals surface area contributed by atoms with Crippen molar-refractivity contribution in [3.63, 3.8) is 0 Å². The summed E-state index contributed by atoms with van der Waals surface area (Å²) in [6, 6.07) is 5.66. The van der Waals surface area contributed by atoms with Gasteiger partial charge in [0, 0.05) is 16.2 Å². The maximum Gasteiger partial charge on any atom is 0.121 e. The van der Waals surface area contributed by atoms with Crippen molar-refractivity contribution in [3.05, 3.63) is 35.4 Å². The average Bonchev–Trinajstić information content (AvgIpc) is 2.32. The van der Waals surface area contributed by atoms with Crippen molar-refractivity contribution < 1.29 is 8.95 Å². The third kappa shape index (κ3) is 4.52. The first-order chi connectivity index (χ1) is 8.19. The van der Waals surface area contributed by atoms with Gasteiger partial charge in [-0.3, -0.25) is 4.21 Å². The van der Waals surface area contributed by atoms with E-state index in [2.05, 4.69) is 0 Å². The Morgan fingerprint density at radius 3 is 2.88 bits per heavy atom. The molecule has 0 aliphatic heterocycles. The van der Waals surface area contributed by atoms with Gasteiger partial charge in [-0.2, -0.15) is 0 Å². The van der Waals surface area contributed by atoms with Crippen molar-refractivity contribution >= 4 is 22.4 Å². The maximum absolute atomic E-state index is 12.0. The molecule has 0 radical (unpaired) electrons. The van der Waals surface area contributed by atoms with Crippen molar-refractivity contribution in [2.24, 2.45) is 0 Å². The van der Waals surface area contributed by atoms with Gasteiger partial charge in [0.15, 0.2) is 0 Å². The summed E-state index contributed by atoms with van der Waals surface area (Å²) in [5.41, 5.74) is 2.46. The normalized spacial score (nSPS) is 12.9. The summed E-state index contributed by atoms with van der Waals surface area (Å²) in [5.74, 6) is 1.41.